The molecular formula is C35H42N2O4. The number of pyridine rings is 1. The Hall–Kier alpha value is -4.08. The van der Waals surface area contributed by atoms with Crippen LogP contribution in [-0.2, 0) is 22.6 Å². The zero-order chi connectivity index (χ0) is 29.3. The van der Waals surface area contributed by atoms with E-state index < -0.39 is 11.4 Å². The maximum Gasteiger partial charge on any atom is 0.309 e. The van der Waals surface area contributed by atoms with Gasteiger partial charge in [0.1, 0.15) is 12.4 Å². The van der Waals surface area contributed by atoms with Gasteiger partial charge >= 0.3 is 5.97 Å². The minimum Gasteiger partial charge on any atom is -0.481 e. The molecule has 0 atom stereocenters. The molecule has 0 saturated carbocycles. The summed E-state index contributed by atoms with van der Waals surface area (Å²) < 4.78 is 11.3. The van der Waals surface area contributed by atoms with Crippen molar-refractivity contribution in [2.24, 2.45) is 5.41 Å². The van der Waals surface area contributed by atoms with Gasteiger partial charge in [0.2, 0.25) is 0 Å². The van der Waals surface area contributed by atoms with Gasteiger partial charge in [-0.2, -0.15) is 0 Å². The molecule has 0 amide bonds. The number of aromatic nitrogens is 1. The van der Waals surface area contributed by atoms with Gasteiger partial charge in [0, 0.05) is 18.8 Å². The number of carboxylic acid groups (broad SMARTS) is 1. The second-order valence-corrected chi connectivity index (χ2v) is 10.1. The van der Waals surface area contributed by atoms with Crippen LogP contribution in [0.3, 0.4) is 0 Å². The molecule has 0 saturated heterocycles. The van der Waals surface area contributed by atoms with Crippen molar-refractivity contribution in [2.45, 2.75) is 59.0 Å². The number of rotatable bonds is 18. The summed E-state index contributed by atoms with van der Waals surface area (Å²) >= 11 is 0. The Labute approximate surface area is 244 Å². The van der Waals surface area contributed by atoms with Crippen molar-refractivity contribution in [1.29, 1.82) is 0 Å². The van der Waals surface area contributed by atoms with Crippen LogP contribution >= 0.6 is 0 Å². The fourth-order valence-corrected chi connectivity index (χ4v) is 4.65. The molecule has 0 aliphatic heterocycles. The van der Waals surface area contributed by atoms with Gasteiger partial charge in [0.25, 0.3) is 0 Å². The quantitative estimate of drug-likeness (QED) is 0.125. The van der Waals surface area contributed by atoms with E-state index in [1.807, 2.05) is 74.5 Å². The first-order valence-corrected chi connectivity index (χ1v) is 14.4. The molecule has 3 rings (SSSR count). The van der Waals surface area contributed by atoms with E-state index in [1.165, 1.54) is 5.56 Å². The number of carbonyl (C=O) groups is 1. The summed E-state index contributed by atoms with van der Waals surface area (Å²) in [4.78, 5) is 16.5. The highest BCUT2D eigenvalue weighted by Crippen LogP contribution is 2.31. The molecule has 0 radical (unpaired) electrons. The van der Waals surface area contributed by atoms with Crippen LogP contribution in [0.1, 0.15) is 68.5 Å². The van der Waals surface area contributed by atoms with Crippen molar-refractivity contribution in [3.05, 3.63) is 89.2 Å². The van der Waals surface area contributed by atoms with Crippen molar-refractivity contribution in [3.8, 4) is 18.1 Å². The second-order valence-electron chi connectivity index (χ2n) is 10.1. The van der Waals surface area contributed by atoms with Crippen LogP contribution < -0.4 is 10.1 Å². The van der Waals surface area contributed by atoms with Gasteiger partial charge in [-0.05, 0) is 92.1 Å². The van der Waals surface area contributed by atoms with Gasteiger partial charge < -0.3 is 19.9 Å². The zero-order valence-corrected chi connectivity index (χ0v) is 24.3. The monoisotopic (exact) mass is 554 g/mol. The molecule has 0 fully saturated rings. The van der Waals surface area contributed by atoms with Crippen molar-refractivity contribution < 1.29 is 19.4 Å². The van der Waals surface area contributed by atoms with E-state index in [-0.39, 0.29) is 6.61 Å². The number of carboxylic acids is 1. The van der Waals surface area contributed by atoms with Crippen LogP contribution in [0.4, 0.5) is 5.69 Å². The number of terminal acetylenes is 1. The lowest BCUT2D eigenvalue weighted by molar-refractivity contribution is -0.149. The van der Waals surface area contributed by atoms with Crippen molar-refractivity contribution in [3.63, 3.8) is 0 Å². The number of hydrogen-bond acceptors (Lipinski definition) is 5. The third-order valence-electron chi connectivity index (χ3n) is 7.40. The van der Waals surface area contributed by atoms with E-state index in [9.17, 15) is 9.90 Å². The lowest BCUT2D eigenvalue weighted by Crippen LogP contribution is -2.31. The topological polar surface area (TPSA) is 80.7 Å². The molecule has 3 aromatic rings. The van der Waals surface area contributed by atoms with E-state index in [4.69, 9.17) is 20.9 Å². The molecule has 0 aliphatic carbocycles. The molecule has 0 aliphatic rings. The Morgan fingerprint density at radius 3 is 2.56 bits per heavy atom. The van der Waals surface area contributed by atoms with Gasteiger partial charge in [-0.1, -0.05) is 56.2 Å². The minimum absolute atomic E-state index is 0.286. The number of hydrogen-bond donors (Lipinski definition) is 2. The molecule has 2 aromatic carbocycles. The van der Waals surface area contributed by atoms with Gasteiger partial charge in [0.05, 0.1) is 23.4 Å². The molecule has 1 aromatic heterocycles. The van der Waals surface area contributed by atoms with E-state index in [0.29, 0.717) is 39.0 Å². The Morgan fingerprint density at radius 2 is 1.83 bits per heavy atom. The van der Waals surface area contributed by atoms with Crippen LogP contribution in [0.2, 0.25) is 0 Å². The van der Waals surface area contributed by atoms with Crippen LogP contribution in [0, 0.1) is 17.8 Å². The number of unbranched alkanes of at least 4 members (excludes halogenated alkanes) is 1. The first kappa shape index (κ1) is 31.4. The first-order valence-electron chi connectivity index (χ1n) is 14.4. The highest BCUT2D eigenvalue weighted by Gasteiger charge is 2.34. The van der Waals surface area contributed by atoms with Crippen LogP contribution in [0.15, 0.2) is 66.7 Å². The maximum atomic E-state index is 11.7. The highest BCUT2D eigenvalue weighted by atomic mass is 16.5. The molecule has 41 heavy (non-hydrogen) atoms. The van der Waals surface area contributed by atoms with E-state index in [2.05, 4.69) is 29.4 Å². The van der Waals surface area contributed by atoms with Crippen LogP contribution in [0.25, 0.3) is 12.2 Å². The summed E-state index contributed by atoms with van der Waals surface area (Å²) in [6.07, 6.45) is 14.1. The molecule has 6 nitrogen and oxygen atoms in total. The summed E-state index contributed by atoms with van der Waals surface area (Å²) in [7, 11) is 0. The largest absolute Gasteiger partial charge is 0.481 e. The lowest BCUT2D eigenvalue weighted by atomic mass is 9.79. The fourth-order valence-electron chi connectivity index (χ4n) is 4.65. The molecule has 0 unspecified atom stereocenters. The summed E-state index contributed by atoms with van der Waals surface area (Å²) in [6, 6.07) is 22.1. The second kappa shape index (κ2) is 16.9. The van der Waals surface area contributed by atoms with Gasteiger partial charge in [-0.15, -0.1) is 6.42 Å². The van der Waals surface area contributed by atoms with Crippen molar-refractivity contribution >= 4 is 23.8 Å². The van der Waals surface area contributed by atoms with Gasteiger partial charge in [-0.3, -0.25) is 9.78 Å². The van der Waals surface area contributed by atoms with Gasteiger partial charge in [0.15, 0.2) is 0 Å². The lowest BCUT2D eigenvalue weighted by Gasteiger charge is -2.26. The van der Waals surface area contributed by atoms with E-state index in [1.54, 1.807) is 0 Å². The third kappa shape index (κ3) is 10.4. The Bertz CT molecular complexity index is 1290. The number of nitrogens with zero attached hydrogens (tertiary/aromatic N) is 1. The minimum atomic E-state index is -0.716. The van der Waals surface area contributed by atoms with Crippen LogP contribution in [-0.4, -0.2) is 35.8 Å². The number of ether oxygens (including phenoxy) is 2. The van der Waals surface area contributed by atoms with Crippen molar-refractivity contribution in [1.82, 2.24) is 4.98 Å². The van der Waals surface area contributed by atoms with Crippen LogP contribution in [0.5, 0.6) is 5.75 Å². The predicted octanol–water partition coefficient (Wildman–Crippen LogP) is 7.50. The maximum absolute atomic E-state index is 11.7. The normalized spacial score (nSPS) is 11.3. The van der Waals surface area contributed by atoms with E-state index in [0.717, 1.165) is 47.7 Å². The summed E-state index contributed by atoms with van der Waals surface area (Å²) in [5.41, 5.74) is 4.39. The predicted molar refractivity (Wildman–Crippen MR) is 167 cm³/mol. The Balaban J connectivity index is 1.41. The third-order valence-corrected chi connectivity index (χ3v) is 7.40. The number of benzene rings is 2. The van der Waals surface area contributed by atoms with E-state index >= 15 is 0 Å². The molecule has 6 heteroatoms. The Kier molecular flexibility index (Phi) is 13.0. The summed E-state index contributed by atoms with van der Waals surface area (Å²) in [5, 5.41) is 13.0. The number of nitrogens with one attached hydrogen (secondary N) is 1. The highest BCUT2D eigenvalue weighted by molar-refractivity contribution is 5.74. The first-order chi connectivity index (χ1) is 20.0. The standard InChI is InChI=1S/C35H42N2O4/c1-4-24-41-33-20-17-28(18-21-33)11-7-8-25-40-27-32-15-10-13-30(37-32)19-16-29-12-9-14-31(26-29)36-23-22-35(5-2,6-3)34(38)39/h1,9-10,12-21,26,36H,5-8,11,22-25,27H2,2-3H3,(H,38,39). The molecule has 2 N–H and O–H groups in total. The molecular weight excluding hydrogens is 512 g/mol. The number of aryl methyl sites for hydroxylation is 1. The number of anilines is 1. The smallest absolute Gasteiger partial charge is 0.309 e. The SMILES string of the molecule is C#CCOc1ccc(CCCCOCc2cccc(C=Cc3cccc(NCCC(CC)(CC)C(=O)O)c3)n2)cc1. The summed E-state index contributed by atoms with van der Waals surface area (Å²) in [5.74, 6) is 2.55. The molecule has 1 heterocycles. The molecule has 0 spiro atoms. The molecule has 216 valence electrons. The number of aliphatic carboxylic acids is 1. The zero-order valence-electron chi connectivity index (χ0n) is 24.3. The average Bonchev–Trinajstić information content (AvgIpc) is 3.00. The van der Waals surface area contributed by atoms with Gasteiger partial charge in [-0.25, -0.2) is 0 Å². The fraction of sp³-hybridized carbons (Fsp3) is 0.371. The Morgan fingerprint density at radius 1 is 1.05 bits per heavy atom. The van der Waals surface area contributed by atoms with Crippen molar-refractivity contribution in [2.75, 3.05) is 25.1 Å². The average molecular weight is 555 g/mol. The summed E-state index contributed by atoms with van der Waals surface area (Å²) in [6.45, 7) is 5.96. The molecule has 0 bridgehead atoms.